The third kappa shape index (κ3) is 31.8. The highest BCUT2D eigenvalue weighted by Gasteiger charge is 2.20. The average Bonchev–Trinajstić information content (AvgIpc) is 2.84. The first-order valence-electron chi connectivity index (χ1n) is 15.6. The van der Waals surface area contributed by atoms with Gasteiger partial charge in [0.1, 0.15) is 0 Å². The van der Waals surface area contributed by atoms with E-state index in [-0.39, 0.29) is 5.75 Å². The summed E-state index contributed by atoms with van der Waals surface area (Å²) in [5.41, 5.74) is 0. The van der Waals surface area contributed by atoms with Crippen LogP contribution in [0.25, 0.3) is 0 Å². The maximum absolute atomic E-state index is 9.83. The van der Waals surface area contributed by atoms with Gasteiger partial charge in [0.15, 0.2) is 0 Å². The molecule has 3 nitrogen and oxygen atoms in total. The number of carbonyl (C=O) groups excluding carboxylic acids is 1. The fourth-order valence-corrected chi connectivity index (χ4v) is 5.36. The molecule has 0 aromatic carbocycles. The SMILES string of the molecule is CCCCCCCC[N+](C)(CCCCCCCC)CCCCCCCC.CCCCSCC(=O)[O-]. The van der Waals surface area contributed by atoms with E-state index in [1.807, 2.05) is 0 Å². The Labute approximate surface area is 226 Å². The summed E-state index contributed by atoms with van der Waals surface area (Å²) >= 11 is 1.42. The molecule has 0 aliphatic heterocycles. The van der Waals surface area contributed by atoms with Gasteiger partial charge in [-0.2, -0.15) is 11.8 Å². The van der Waals surface area contributed by atoms with Gasteiger partial charge in [-0.15, -0.1) is 0 Å². The maximum atomic E-state index is 9.83. The molecule has 0 saturated carbocycles. The number of nitrogens with zero attached hydrogens (tertiary/aromatic N) is 1. The molecule has 0 aliphatic rings. The fraction of sp³-hybridized carbons (Fsp3) is 0.968. The molecule has 0 rings (SSSR count). The van der Waals surface area contributed by atoms with Gasteiger partial charge in [0, 0.05) is 5.75 Å². The largest absolute Gasteiger partial charge is 0.549 e. The molecule has 0 fully saturated rings. The van der Waals surface area contributed by atoms with Crippen LogP contribution in [0.5, 0.6) is 0 Å². The van der Waals surface area contributed by atoms with Gasteiger partial charge in [0.2, 0.25) is 0 Å². The molecule has 0 aromatic heterocycles. The number of hydrogen-bond acceptors (Lipinski definition) is 3. The zero-order chi connectivity index (χ0) is 26.5. The zero-order valence-corrected chi connectivity index (χ0v) is 25.7. The summed E-state index contributed by atoms with van der Waals surface area (Å²) in [5, 5.41) is 9.83. The van der Waals surface area contributed by atoms with Crippen LogP contribution in [-0.4, -0.2) is 48.6 Å². The second kappa shape index (κ2) is 30.0. The van der Waals surface area contributed by atoms with Crippen molar-refractivity contribution in [3.63, 3.8) is 0 Å². The first-order valence-corrected chi connectivity index (χ1v) is 16.7. The van der Waals surface area contributed by atoms with Crippen molar-refractivity contribution in [2.75, 3.05) is 38.2 Å². The summed E-state index contributed by atoms with van der Waals surface area (Å²) in [4.78, 5) is 9.83. The normalized spacial score (nSPS) is 11.3. The Bertz CT molecular complexity index is 376. The zero-order valence-electron chi connectivity index (χ0n) is 24.8. The number of thioether (sulfide) groups is 1. The Morgan fingerprint density at radius 2 is 0.857 bits per heavy atom. The van der Waals surface area contributed by atoms with Gasteiger partial charge in [0.25, 0.3) is 0 Å². The van der Waals surface area contributed by atoms with Crippen LogP contribution in [0.4, 0.5) is 0 Å². The molecule has 0 spiro atoms. The maximum Gasteiger partial charge on any atom is 0.0784 e. The number of unbranched alkanes of at least 4 members (excludes halogenated alkanes) is 16. The molecule has 35 heavy (non-hydrogen) atoms. The van der Waals surface area contributed by atoms with E-state index in [1.54, 1.807) is 0 Å². The number of carboxylic acids is 1. The minimum Gasteiger partial charge on any atom is -0.549 e. The minimum atomic E-state index is -0.962. The molecule has 0 amide bonds. The molecule has 212 valence electrons. The smallest absolute Gasteiger partial charge is 0.0784 e. The van der Waals surface area contributed by atoms with Crippen molar-refractivity contribution >= 4 is 17.7 Å². The number of carboxylic acid groups (broad SMARTS) is 1. The lowest BCUT2D eigenvalue weighted by Crippen LogP contribution is -2.46. The highest BCUT2D eigenvalue weighted by atomic mass is 32.2. The predicted octanol–water partition coefficient (Wildman–Crippen LogP) is 8.78. The molecule has 0 N–H and O–H groups in total. The molecular formula is C31H65NO2S. The van der Waals surface area contributed by atoms with E-state index in [4.69, 9.17) is 0 Å². The second-order valence-corrected chi connectivity index (χ2v) is 12.0. The summed E-state index contributed by atoms with van der Waals surface area (Å²) < 4.78 is 1.36. The summed E-state index contributed by atoms with van der Waals surface area (Å²) in [6, 6.07) is 0. The van der Waals surface area contributed by atoms with Crippen molar-refractivity contribution in [2.24, 2.45) is 0 Å². The second-order valence-electron chi connectivity index (χ2n) is 10.9. The topological polar surface area (TPSA) is 40.1 Å². The quantitative estimate of drug-likeness (QED) is 0.0853. The van der Waals surface area contributed by atoms with E-state index >= 15 is 0 Å². The standard InChI is InChI=1S/C25H54N.C6H12O2S/c1-5-8-11-14-17-20-23-26(4,24-21-18-15-12-9-6-2)25-22-19-16-13-10-7-3;1-2-3-4-9-5-6(7)8/h5-25H2,1-4H3;2-5H2,1H3,(H,7,8)/q+1;/p-1. The Hall–Kier alpha value is -0.220. The van der Waals surface area contributed by atoms with Crippen LogP contribution in [0.2, 0.25) is 0 Å². The number of aliphatic carboxylic acids is 1. The van der Waals surface area contributed by atoms with E-state index in [1.165, 1.54) is 151 Å². The lowest BCUT2D eigenvalue weighted by atomic mass is 10.1. The van der Waals surface area contributed by atoms with E-state index in [2.05, 4.69) is 34.7 Å². The molecule has 0 bridgehead atoms. The first-order chi connectivity index (χ1) is 17.0. The summed E-state index contributed by atoms with van der Waals surface area (Å²) in [6.45, 7) is 13.3. The highest BCUT2D eigenvalue weighted by molar-refractivity contribution is 7.99. The summed E-state index contributed by atoms with van der Waals surface area (Å²) in [7, 11) is 2.56. The van der Waals surface area contributed by atoms with Crippen LogP contribution in [0.15, 0.2) is 0 Å². The van der Waals surface area contributed by atoms with Gasteiger partial charge in [-0.05, 0) is 50.7 Å². The van der Waals surface area contributed by atoms with Crippen LogP contribution in [0, 0.1) is 0 Å². The van der Waals surface area contributed by atoms with Crippen molar-refractivity contribution in [2.45, 2.75) is 156 Å². The van der Waals surface area contributed by atoms with Crippen LogP contribution in [0.3, 0.4) is 0 Å². The van der Waals surface area contributed by atoms with Crippen molar-refractivity contribution < 1.29 is 14.4 Å². The van der Waals surface area contributed by atoms with E-state index < -0.39 is 5.97 Å². The monoisotopic (exact) mass is 515 g/mol. The lowest BCUT2D eigenvalue weighted by molar-refractivity contribution is -0.910. The Balaban J connectivity index is 0. The molecule has 0 saturated heterocycles. The van der Waals surface area contributed by atoms with Crippen molar-refractivity contribution in [3.05, 3.63) is 0 Å². The van der Waals surface area contributed by atoms with Gasteiger partial charge < -0.3 is 14.4 Å². The van der Waals surface area contributed by atoms with Crippen LogP contribution >= 0.6 is 11.8 Å². The van der Waals surface area contributed by atoms with Gasteiger partial charge in [0.05, 0.1) is 32.7 Å². The number of quaternary nitrogens is 1. The van der Waals surface area contributed by atoms with Crippen LogP contribution < -0.4 is 5.11 Å². The first kappa shape index (κ1) is 36.9. The number of rotatable bonds is 26. The Morgan fingerprint density at radius 3 is 1.17 bits per heavy atom. The Kier molecular flexibility index (Phi) is 31.7. The minimum absolute atomic E-state index is 0.139. The van der Waals surface area contributed by atoms with Gasteiger partial charge >= 0.3 is 0 Å². The average molecular weight is 516 g/mol. The summed E-state index contributed by atoms with van der Waals surface area (Å²) in [5.74, 6) is 0.112. The molecule has 0 aliphatic carbocycles. The van der Waals surface area contributed by atoms with Crippen LogP contribution in [0.1, 0.15) is 156 Å². The van der Waals surface area contributed by atoms with Crippen molar-refractivity contribution in [3.8, 4) is 0 Å². The predicted molar refractivity (Wildman–Crippen MR) is 158 cm³/mol. The molecule has 0 radical (unpaired) electrons. The molecule has 4 heteroatoms. The Morgan fingerprint density at radius 1 is 0.543 bits per heavy atom. The van der Waals surface area contributed by atoms with E-state index in [0.29, 0.717) is 0 Å². The lowest BCUT2D eigenvalue weighted by Gasteiger charge is -2.35. The van der Waals surface area contributed by atoms with Crippen LogP contribution in [-0.2, 0) is 4.79 Å². The van der Waals surface area contributed by atoms with Gasteiger partial charge in [-0.3, -0.25) is 0 Å². The third-order valence-corrected chi connectivity index (χ3v) is 8.03. The molecule has 0 heterocycles. The van der Waals surface area contributed by atoms with Gasteiger partial charge in [-0.25, -0.2) is 0 Å². The van der Waals surface area contributed by atoms with Gasteiger partial charge in [-0.1, -0.05) is 111 Å². The molecule has 0 unspecified atom stereocenters. The summed E-state index contributed by atoms with van der Waals surface area (Å²) in [6.07, 6.45) is 28.1. The van der Waals surface area contributed by atoms with E-state index in [0.717, 1.165) is 18.6 Å². The number of carbonyl (C=O) groups is 1. The van der Waals surface area contributed by atoms with E-state index in [9.17, 15) is 9.90 Å². The number of hydrogen-bond donors (Lipinski definition) is 0. The fourth-order valence-electron chi connectivity index (χ4n) is 4.56. The third-order valence-electron chi connectivity index (χ3n) is 7.02. The van der Waals surface area contributed by atoms with Crippen molar-refractivity contribution in [1.82, 2.24) is 0 Å². The van der Waals surface area contributed by atoms with Crippen molar-refractivity contribution in [1.29, 1.82) is 0 Å². The molecular weight excluding hydrogens is 450 g/mol. The highest BCUT2D eigenvalue weighted by Crippen LogP contribution is 2.16. The molecule has 0 aromatic rings. The molecule has 0 atom stereocenters.